The van der Waals surface area contributed by atoms with Crippen LogP contribution in [0.4, 0.5) is 5.69 Å². The highest BCUT2D eigenvalue weighted by molar-refractivity contribution is 7.92. The van der Waals surface area contributed by atoms with Crippen molar-refractivity contribution in [3.05, 3.63) is 83.6 Å². The number of carboxylic acid groups (broad SMARTS) is 1. The van der Waals surface area contributed by atoms with Gasteiger partial charge in [0, 0.05) is 17.6 Å². The van der Waals surface area contributed by atoms with Gasteiger partial charge in [0.25, 0.3) is 10.0 Å². The molecule has 4 aromatic rings. The molecule has 156 valence electrons. The van der Waals surface area contributed by atoms with Crippen molar-refractivity contribution >= 4 is 44.1 Å². The maximum Gasteiger partial charge on any atom is 0.335 e. The third-order valence-corrected chi connectivity index (χ3v) is 5.91. The molecule has 0 bridgehead atoms. The van der Waals surface area contributed by atoms with Crippen LogP contribution in [-0.4, -0.2) is 29.5 Å². The summed E-state index contributed by atoms with van der Waals surface area (Å²) < 4.78 is 33.1. The van der Waals surface area contributed by atoms with Gasteiger partial charge in [-0.1, -0.05) is 41.9 Å². The average Bonchev–Trinajstić information content (AvgIpc) is 2.75. The van der Waals surface area contributed by atoms with Crippen LogP contribution in [0.5, 0.6) is 11.8 Å². The van der Waals surface area contributed by atoms with Crippen LogP contribution in [0, 0.1) is 0 Å². The van der Waals surface area contributed by atoms with E-state index in [0.717, 1.165) is 16.8 Å². The van der Waals surface area contributed by atoms with E-state index < -0.39 is 16.0 Å². The number of aromatic carboxylic acids is 1. The van der Waals surface area contributed by atoms with Gasteiger partial charge in [0.15, 0.2) is 0 Å². The van der Waals surface area contributed by atoms with Crippen LogP contribution in [0.15, 0.2) is 78.0 Å². The minimum atomic E-state index is -4.05. The van der Waals surface area contributed by atoms with Crippen molar-refractivity contribution in [2.45, 2.75) is 4.90 Å². The van der Waals surface area contributed by atoms with Crippen LogP contribution >= 0.6 is 11.6 Å². The lowest BCUT2D eigenvalue weighted by Gasteiger charge is -2.11. The molecule has 2 aromatic heterocycles. The summed E-state index contributed by atoms with van der Waals surface area (Å²) in [5, 5.41) is 11.0. The summed E-state index contributed by atoms with van der Waals surface area (Å²) in [4.78, 5) is 19.1. The first-order chi connectivity index (χ1) is 14.8. The smallest absolute Gasteiger partial charge is 0.335 e. The molecule has 0 fully saturated rings. The molecule has 8 nitrogen and oxygen atoms in total. The molecule has 0 saturated heterocycles. The lowest BCUT2D eigenvalue weighted by atomic mass is 10.2. The number of nitrogens with one attached hydrogen (secondary N) is 1. The predicted molar refractivity (Wildman–Crippen MR) is 115 cm³/mol. The number of halogens is 1. The van der Waals surface area contributed by atoms with E-state index in [0.29, 0.717) is 0 Å². The Kier molecular flexibility index (Phi) is 5.45. The number of hydrogen-bond acceptors (Lipinski definition) is 6. The molecule has 10 heteroatoms. The summed E-state index contributed by atoms with van der Waals surface area (Å²) in [5.41, 5.74) is -0.0600. The van der Waals surface area contributed by atoms with Crippen molar-refractivity contribution < 1.29 is 23.1 Å². The van der Waals surface area contributed by atoms with Crippen LogP contribution in [-0.2, 0) is 10.0 Å². The van der Waals surface area contributed by atoms with E-state index in [4.69, 9.17) is 21.4 Å². The number of aromatic nitrogens is 2. The molecule has 0 amide bonds. The number of carboxylic acids is 1. The minimum absolute atomic E-state index is 0.0558. The molecule has 0 aliphatic carbocycles. The van der Waals surface area contributed by atoms with Crippen molar-refractivity contribution in [1.82, 2.24) is 9.97 Å². The maximum atomic E-state index is 12.6. The summed E-state index contributed by atoms with van der Waals surface area (Å²) in [6.07, 6.45) is 2.90. The van der Waals surface area contributed by atoms with E-state index in [9.17, 15) is 13.2 Å². The normalized spacial score (nSPS) is 11.3. The van der Waals surface area contributed by atoms with E-state index in [1.54, 1.807) is 12.3 Å². The van der Waals surface area contributed by atoms with Gasteiger partial charge in [0.1, 0.15) is 5.02 Å². The summed E-state index contributed by atoms with van der Waals surface area (Å²) in [6.45, 7) is 0. The van der Waals surface area contributed by atoms with Gasteiger partial charge in [-0.25, -0.2) is 23.2 Å². The van der Waals surface area contributed by atoms with Gasteiger partial charge < -0.3 is 9.84 Å². The van der Waals surface area contributed by atoms with E-state index in [1.807, 2.05) is 24.3 Å². The molecule has 0 aliphatic heterocycles. The van der Waals surface area contributed by atoms with Gasteiger partial charge in [-0.3, -0.25) is 4.72 Å². The lowest BCUT2D eigenvalue weighted by Crippen LogP contribution is -2.14. The Labute approximate surface area is 182 Å². The molecule has 2 N–H and O–H groups in total. The Morgan fingerprint density at radius 1 is 0.968 bits per heavy atom. The number of carbonyl (C=O) groups is 1. The second-order valence-electron chi connectivity index (χ2n) is 6.42. The highest BCUT2D eigenvalue weighted by Gasteiger charge is 2.18. The predicted octanol–water partition coefficient (Wildman–Crippen LogP) is 4.57. The SMILES string of the molecule is O=C(O)c1cccc(S(=O)(=O)Nc2cnc(Oc3cc4ccccc4cn3)c(Cl)c2)c1. The van der Waals surface area contributed by atoms with Crippen LogP contribution in [0.25, 0.3) is 10.8 Å². The Morgan fingerprint density at radius 2 is 1.74 bits per heavy atom. The van der Waals surface area contributed by atoms with E-state index in [1.165, 1.54) is 30.5 Å². The van der Waals surface area contributed by atoms with Crippen molar-refractivity contribution in [2.24, 2.45) is 0 Å². The van der Waals surface area contributed by atoms with E-state index in [-0.39, 0.29) is 32.9 Å². The van der Waals surface area contributed by atoms with Crippen molar-refractivity contribution in [3.8, 4) is 11.8 Å². The van der Waals surface area contributed by atoms with Crippen LogP contribution in [0.3, 0.4) is 0 Å². The summed E-state index contributed by atoms with van der Waals surface area (Å²) >= 11 is 6.21. The molecular weight excluding hydrogens is 442 g/mol. The maximum absolute atomic E-state index is 12.6. The molecule has 0 aliphatic rings. The molecule has 2 aromatic carbocycles. The minimum Gasteiger partial charge on any atom is -0.478 e. The fraction of sp³-hybridized carbons (Fsp3) is 0. The Balaban J connectivity index is 1.55. The second kappa shape index (κ2) is 8.21. The molecule has 31 heavy (non-hydrogen) atoms. The summed E-state index contributed by atoms with van der Waals surface area (Å²) in [7, 11) is -4.05. The second-order valence-corrected chi connectivity index (χ2v) is 8.51. The van der Waals surface area contributed by atoms with Crippen molar-refractivity contribution in [2.75, 3.05) is 4.72 Å². The highest BCUT2D eigenvalue weighted by Crippen LogP contribution is 2.30. The van der Waals surface area contributed by atoms with Crippen molar-refractivity contribution in [3.63, 3.8) is 0 Å². The number of nitrogens with zero attached hydrogens (tertiary/aromatic N) is 2. The van der Waals surface area contributed by atoms with Gasteiger partial charge in [-0.05, 0) is 29.7 Å². The first-order valence-electron chi connectivity index (χ1n) is 8.86. The first-order valence-corrected chi connectivity index (χ1v) is 10.7. The molecule has 0 atom stereocenters. The van der Waals surface area contributed by atoms with E-state index >= 15 is 0 Å². The molecule has 0 saturated carbocycles. The molecular formula is C21H14ClN3O5S. The van der Waals surface area contributed by atoms with Crippen LogP contribution in [0.1, 0.15) is 10.4 Å². The zero-order valence-electron chi connectivity index (χ0n) is 15.7. The zero-order valence-corrected chi connectivity index (χ0v) is 17.3. The number of sulfonamides is 1. The fourth-order valence-corrected chi connectivity index (χ4v) is 4.07. The first kappa shape index (κ1) is 20.6. The van der Waals surface area contributed by atoms with Gasteiger partial charge in [0.2, 0.25) is 11.8 Å². The third kappa shape index (κ3) is 4.57. The van der Waals surface area contributed by atoms with Gasteiger partial charge >= 0.3 is 5.97 Å². The van der Waals surface area contributed by atoms with Gasteiger partial charge in [-0.15, -0.1) is 0 Å². The molecule has 0 unspecified atom stereocenters. The number of anilines is 1. The number of pyridine rings is 2. The quantitative estimate of drug-likeness (QED) is 0.437. The molecule has 2 heterocycles. The zero-order chi connectivity index (χ0) is 22.0. The van der Waals surface area contributed by atoms with Crippen molar-refractivity contribution in [1.29, 1.82) is 0 Å². The number of hydrogen-bond donors (Lipinski definition) is 2. The average molecular weight is 456 g/mol. The molecule has 0 radical (unpaired) electrons. The Bertz CT molecular complexity index is 1410. The summed E-state index contributed by atoms with van der Waals surface area (Å²) in [5.74, 6) is -0.891. The number of ether oxygens (including phenoxy) is 1. The fourth-order valence-electron chi connectivity index (χ4n) is 2.78. The third-order valence-electron chi connectivity index (χ3n) is 4.26. The van der Waals surface area contributed by atoms with Crippen LogP contribution in [0.2, 0.25) is 5.02 Å². The number of rotatable bonds is 6. The molecule has 4 rings (SSSR count). The van der Waals surface area contributed by atoms with Gasteiger partial charge in [0.05, 0.1) is 22.3 Å². The van der Waals surface area contributed by atoms with Gasteiger partial charge in [-0.2, -0.15) is 0 Å². The number of fused-ring (bicyclic) bond motifs is 1. The highest BCUT2D eigenvalue weighted by atomic mass is 35.5. The standard InChI is InChI=1S/C21H14ClN3O5S/c22-18-10-16(25-31(28,29)17-7-3-6-14(8-17)21(26)27)12-24-20(18)30-19-9-13-4-1-2-5-15(13)11-23-19/h1-12,25H,(H,26,27). The Morgan fingerprint density at radius 3 is 2.48 bits per heavy atom. The topological polar surface area (TPSA) is 118 Å². The lowest BCUT2D eigenvalue weighted by molar-refractivity contribution is 0.0696. The monoisotopic (exact) mass is 455 g/mol. The summed E-state index contributed by atoms with van der Waals surface area (Å²) in [6, 6.07) is 15.7. The number of benzene rings is 2. The largest absolute Gasteiger partial charge is 0.478 e. The van der Waals surface area contributed by atoms with Crippen LogP contribution < -0.4 is 9.46 Å². The van der Waals surface area contributed by atoms with E-state index in [2.05, 4.69) is 14.7 Å². The molecule has 0 spiro atoms. The Hall–Kier alpha value is -3.69.